The van der Waals surface area contributed by atoms with Crippen LogP contribution in [0.2, 0.25) is 0 Å². The Balaban J connectivity index is 0.00000169. The van der Waals surface area contributed by atoms with Gasteiger partial charge in [0.05, 0.1) is 6.02 Å². The zero-order chi connectivity index (χ0) is 10.0. The van der Waals surface area contributed by atoms with E-state index in [1.165, 1.54) is 0 Å². The first-order valence-corrected chi connectivity index (χ1v) is 4.22. The average Bonchev–Trinajstić information content (AvgIpc) is 2.04. The molecule has 1 atom stereocenters. The van der Waals surface area contributed by atoms with Crippen molar-refractivity contribution in [2.24, 2.45) is 10.9 Å². The van der Waals surface area contributed by atoms with E-state index in [1.54, 1.807) is 13.8 Å². The summed E-state index contributed by atoms with van der Waals surface area (Å²) in [6, 6.07) is -0.734. The Morgan fingerprint density at radius 3 is 2.43 bits per heavy atom. The van der Waals surface area contributed by atoms with E-state index in [0.717, 1.165) is 4.90 Å². The Morgan fingerprint density at radius 2 is 2.00 bits per heavy atom. The second kappa shape index (κ2) is 5.48. The second-order valence-corrected chi connectivity index (χ2v) is 2.78. The summed E-state index contributed by atoms with van der Waals surface area (Å²) in [5, 5.41) is 11.0. The smallest absolute Gasteiger partial charge is 0.846 e. The Kier molecular flexibility index (Phi) is 5.33. The van der Waals surface area contributed by atoms with E-state index in [2.05, 4.69) is 4.99 Å². The van der Waals surface area contributed by atoms with Crippen molar-refractivity contribution in [3.8, 4) is 0 Å². The molecule has 1 aliphatic heterocycles. The summed E-state index contributed by atoms with van der Waals surface area (Å²) in [6.45, 7) is 3.67. The molecule has 14 heavy (non-hydrogen) atoms. The van der Waals surface area contributed by atoms with E-state index >= 15 is 0 Å². The average molecular weight is 206 g/mol. The van der Waals surface area contributed by atoms with Gasteiger partial charge in [-0.3, -0.25) is 9.59 Å². The summed E-state index contributed by atoms with van der Waals surface area (Å²) >= 11 is 0. The molecule has 0 saturated carbocycles. The number of carbonyl (C=O) groups is 2. The van der Waals surface area contributed by atoms with Crippen LogP contribution in [0.5, 0.6) is 0 Å². The van der Waals surface area contributed by atoms with Crippen molar-refractivity contribution < 1.29 is 44.3 Å². The summed E-state index contributed by atoms with van der Waals surface area (Å²) in [7, 11) is 0. The summed E-state index contributed by atoms with van der Waals surface area (Å²) in [5.74, 6) is -1.78. The fourth-order valence-corrected chi connectivity index (χ4v) is 1.26. The summed E-state index contributed by atoms with van der Waals surface area (Å²) in [5.41, 5.74) is 0. The molecule has 1 heterocycles. The van der Waals surface area contributed by atoms with Crippen LogP contribution in [0.1, 0.15) is 20.3 Å². The van der Waals surface area contributed by atoms with Gasteiger partial charge in [-0.1, -0.05) is 6.92 Å². The van der Waals surface area contributed by atoms with Crippen molar-refractivity contribution >= 4 is 17.8 Å². The SMILES string of the molecule is CCC1C(=O)N=C([O-])N(CC)C1=O.[Na+]. The van der Waals surface area contributed by atoms with Gasteiger partial charge in [0.15, 0.2) is 0 Å². The first kappa shape index (κ1) is 13.6. The number of hydrogen-bond acceptors (Lipinski definition) is 3. The van der Waals surface area contributed by atoms with E-state index in [4.69, 9.17) is 0 Å². The maximum absolute atomic E-state index is 11.4. The van der Waals surface area contributed by atoms with E-state index in [9.17, 15) is 14.7 Å². The van der Waals surface area contributed by atoms with Gasteiger partial charge in [0.1, 0.15) is 5.92 Å². The Bertz CT molecular complexity index is 278. The maximum Gasteiger partial charge on any atom is 1.00 e. The van der Waals surface area contributed by atoms with E-state index in [-0.39, 0.29) is 36.1 Å². The molecule has 0 aromatic carbocycles. The minimum absolute atomic E-state index is 0. The molecule has 0 bridgehead atoms. The normalized spacial score (nSPS) is 21.7. The number of nitrogens with zero attached hydrogens (tertiary/aromatic N) is 2. The molecule has 6 heteroatoms. The maximum atomic E-state index is 11.4. The summed E-state index contributed by atoms with van der Waals surface area (Å²) in [4.78, 5) is 26.8. The standard InChI is InChI=1S/C8H12N2O3.Na/c1-3-5-6(11)9-8(13)10(4-2)7(5)12;/h5H,3-4H2,1-2H3,(H,9,11,13);/q;+1/p-1. The number of aliphatic imine (C=N–C) groups is 1. The van der Waals surface area contributed by atoms with Gasteiger partial charge in [-0.2, -0.15) is 0 Å². The molecule has 0 radical (unpaired) electrons. The molecular weight excluding hydrogens is 195 g/mol. The molecule has 0 spiro atoms. The predicted molar refractivity (Wildman–Crippen MR) is 43.6 cm³/mol. The monoisotopic (exact) mass is 206 g/mol. The molecular formula is C8H11N2NaO3. The fraction of sp³-hybridized carbons (Fsp3) is 0.625. The topological polar surface area (TPSA) is 72.8 Å². The van der Waals surface area contributed by atoms with Crippen LogP contribution in [-0.4, -0.2) is 29.3 Å². The van der Waals surface area contributed by atoms with Gasteiger partial charge < -0.3 is 10.0 Å². The number of rotatable bonds is 2. The van der Waals surface area contributed by atoms with Gasteiger partial charge in [0, 0.05) is 6.54 Å². The first-order chi connectivity index (χ1) is 6.11. The van der Waals surface area contributed by atoms with Crippen LogP contribution in [0.4, 0.5) is 0 Å². The Labute approximate surface area is 104 Å². The number of amides is 2. The molecule has 5 nitrogen and oxygen atoms in total. The van der Waals surface area contributed by atoms with Crippen molar-refractivity contribution in [1.29, 1.82) is 0 Å². The van der Waals surface area contributed by atoms with Crippen LogP contribution in [0.25, 0.3) is 0 Å². The van der Waals surface area contributed by atoms with Crippen molar-refractivity contribution in [3.63, 3.8) is 0 Å². The Morgan fingerprint density at radius 1 is 1.43 bits per heavy atom. The zero-order valence-electron chi connectivity index (χ0n) is 8.61. The minimum atomic E-state index is -0.752. The quantitative estimate of drug-likeness (QED) is 0.342. The van der Waals surface area contributed by atoms with Gasteiger partial charge in [-0.05, 0) is 13.3 Å². The molecule has 1 unspecified atom stereocenters. The molecule has 0 saturated heterocycles. The zero-order valence-corrected chi connectivity index (χ0v) is 10.6. The number of carbonyl (C=O) groups excluding carboxylic acids is 2. The van der Waals surface area contributed by atoms with Crippen molar-refractivity contribution in [2.45, 2.75) is 20.3 Å². The summed E-state index contributed by atoms with van der Waals surface area (Å²) < 4.78 is 0. The molecule has 0 aliphatic carbocycles. The third-order valence-corrected chi connectivity index (χ3v) is 2.02. The van der Waals surface area contributed by atoms with Crippen LogP contribution in [0, 0.1) is 5.92 Å². The Hall–Kier alpha value is -0.390. The molecule has 1 rings (SSSR count). The fourth-order valence-electron chi connectivity index (χ4n) is 1.26. The number of hydrogen-bond donors (Lipinski definition) is 0. The number of amidine groups is 1. The molecule has 0 aromatic rings. The van der Waals surface area contributed by atoms with Crippen molar-refractivity contribution in [3.05, 3.63) is 0 Å². The predicted octanol–water partition coefficient (Wildman–Crippen LogP) is -3.88. The molecule has 0 N–H and O–H groups in total. The van der Waals surface area contributed by atoms with Gasteiger partial charge in [-0.25, -0.2) is 4.99 Å². The molecule has 72 valence electrons. The van der Waals surface area contributed by atoms with E-state index < -0.39 is 23.8 Å². The molecule has 1 aliphatic rings. The van der Waals surface area contributed by atoms with Gasteiger partial charge in [-0.15, -0.1) is 0 Å². The minimum Gasteiger partial charge on any atom is -0.846 e. The molecule has 0 aromatic heterocycles. The summed E-state index contributed by atoms with van der Waals surface area (Å²) in [6.07, 6.45) is 0.394. The van der Waals surface area contributed by atoms with Crippen LogP contribution >= 0.6 is 0 Å². The third kappa shape index (κ3) is 2.34. The van der Waals surface area contributed by atoms with Gasteiger partial charge in [0.25, 0.3) is 5.91 Å². The van der Waals surface area contributed by atoms with Crippen molar-refractivity contribution in [1.82, 2.24) is 4.90 Å². The largest absolute Gasteiger partial charge is 1.00 e. The van der Waals surface area contributed by atoms with Gasteiger partial charge >= 0.3 is 29.6 Å². The van der Waals surface area contributed by atoms with Crippen molar-refractivity contribution in [2.75, 3.05) is 6.54 Å². The van der Waals surface area contributed by atoms with Crippen LogP contribution < -0.4 is 34.7 Å². The van der Waals surface area contributed by atoms with E-state index in [0.29, 0.717) is 6.42 Å². The molecule has 2 amide bonds. The van der Waals surface area contributed by atoms with Crippen LogP contribution in [-0.2, 0) is 9.59 Å². The van der Waals surface area contributed by atoms with Crippen LogP contribution in [0.3, 0.4) is 0 Å². The first-order valence-electron chi connectivity index (χ1n) is 4.22. The van der Waals surface area contributed by atoms with Gasteiger partial charge in [0.2, 0.25) is 5.91 Å². The third-order valence-electron chi connectivity index (χ3n) is 2.02. The second-order valence-electron chi connectivity index (χ2n) is 2.78. The van der Waals surface area contributed by atoms with E-state index in [1.807, 2.05) is 0 Å². The molecule has 0 fully saturated rings. The van der Waals surface area contributed by atoms with Crippen LogP contribution in [0.15, 0.2) is 4.99 Å².